The van der Waals surface area contributed by atoms with Gasteiger partial charge >= 0.3 is 0 Å². The van der Waals surface area contributed by atoms with Gasteiger partial charge in [0.25, 0.3) is 0 Å². The van der Waals surface area contributed by atoms with Crippen molar-refractivity contribution < 1.29 is 0 Å². The van der Waals surface area contributed by atoms with E-state index < -0.39 is 0 Å². The number of nitrogens with two attached hydrogens (primary N) is 1. The molecule has 1 aliphatic rings. The lowest BCUT2D eigenvalue weighted by molar-refractivity contribution is 0.995. The highest BCUT2D eigenvalue weighted by Crippen LogP contribution is 2.24. The third kappa shape index (κ3) is 2.21. The lowest BCUT2D eigenvalue weighted by atomic mass is 10.1. The first kappa shape index (κ1) is 10.2. The normalized spacial score (nSPS) is 20.7. The summed E-state index contributed by atoms with van der Waals surface area (Å²) in [5.74, 6) is 0. The van der Waals surface area contributed by atoms with E-state index >= 15 is 0 Å². The van der Waals surface area contributed by atoms with Crippen molar-refractivity contribution in [2.45, 2.75) is 18.6 Å². The summed E-state index contributed by atoms with van der Waals surface area (Å²) < 4.78 is 0. The molecular weight excluding hydrogens is 206 g/mol. The van der Waals surface area contributed by atoms with Crippen LogP contribution in [0, 0.1) is 0 Å². The molecule has 78 valence electrons. The van der Waals surface area contributed by atoms with Crippen molar-refractivity contribution in [3.8, 4) is 0 Å². The summed E-state index contributed by atoms with van der Waals surface area (Å²) in [6.07, 6.45) is 1.01. The van der Waals surface area contributed by atoms with E-state index in [2.05, 4.69) is 29.3 Å². The van der Waals surface area contributed by atoms with Crippen molar-refractivity contribution in [1.29, 1.82) is 0 Å². The standard InChI is InChI=1S/C11H13N3S/c1-2-9-10(13-14-11(12)15-9)8-6-4-3-5-7-8/h3-7,9H,2H2,1H3,(H2,12,14)/t9-/m1/s1. The van der Waals surface area contributed by atoms with Gasteiger partial charge in [-0.3, -0.25) is 0 Å². The number of nitrogens with zero attached hydrogens (tertiary/aromatic N) is 2. The van der Waals surface area contributed by atoms with Crippen LogP contribution in [0.5, 0.6) is 0 Å². The van der Waals surface area contributed by atoms with Crippen LogP contribution < -0.4 is 5.73 Å². The molecular formula is C11H13N3S. The minimum Gasteiger partial charge on any atom is -0.377 e. The summed E-state index contributed by atoms with van der Waals surface area (Å²) in [5, 5.41) is 9.00. The molecule has 1 heterocycles. The second kappa shape index (κ2) is 4.49. The molecule has 4 heteroatoms. The SMILES string of the molecule is CC[C@H]1SC(N)=NN=C1c1ccccc1. The molecule has 0 saturated heterocycles. The number of benzene rings is 1. The molecule has 0 aliphatic carbocycles. The Morgan fingerprint density at radius 3 is 2.67 bits per heavy atom. The molecule has 0 saturated carbocycles. The molecule has 1 aromatic rings. The van der Waals surface area contributed by atoms with Crippen LogP contribution in [0.3, 0.4) is 0 Å². The van der Waals surface area contributed by atoms with Gasteiger partial charge in [-0.25, -0.2) is 0 Å². The van der Waals surface area contributed by atoms with E-state index in [1.165, 1.54) is 0 Å². The van der Waals surface area contributed by atoms with Crippen LogP contribution in [-0.4, -0.2) is 16.1 Å². The quantitative estimate of drug-likeness (QED) is 0.829. The van der Waals surface area contributed by atoms with E-state index in [9.17, 15) is 0 Å². The first-order chi connectivity index (χ1) is 7.31. The minimum absolute atomic E-state index is 0.324. The highest BCUT2D eigenvalue weighted by Gasteiger charge is 2.21. The van der Waals surface area contributed by atoms with Gasteiger partial charge in [0.2, 0.25) is 0 Å². The van der Waals surface area contributed by atoms with Gasteiger partial charge in [-0.15, -0.1) is 5.10 Å². The fourth-order valence-electron chi connectivity index (χ4n) is 1.52. The number of hydrogen-bond acceptors (Lipinski definition) is 4. The van der Waals surface area contributed by atoms with Crippen molar-refractivity contribution in [3.05, 3.63) is 35.9 Å². The van der Waals surface area contributed by atoms with Gasteiger partial charge in [0.05, 0.1) is 11.0 Å². The number of amidine groups is 1. The van der Waals surface area contributed by atoms with Crippen LogP contribution in [0.15, 0.2) is 40.5 Å². The van der Waals surface area contributed by atoms with Crippen LogP contribution in [-0.2, 0) is 0 Å². The van der Waals surface area contributed by atoms with E-state index in [1.807, 2.05) is 18.2 Å². The smallest absolute Gasteiger partial charge is 0.181 e. The van der Waals surface area contributed by atoms with Gasteiger partial charge in [-0.1, -0.05) is 49.0 Å². The fourth-order valence-corrected chi connectivity index (χ4v) is 2.36. The van der Waals surface area contributed by atoms with Gasteiger partial charge in [0, 0.05) is 0 Å². The molecule has 1 aromatic carbocycles. The lowest BCUT2D eigenvalue weighted by Crippen LogP contribution is -2.25. The number of rotatable bonds is 2. The molecule has 0 aromatic heterocycles. The molecule has 15 heavy (non-hydrogen) atoms. The van der Waals surface area contributed by atoms with Gasteiger partial charge < -0.3 is 5.73 Å². The highest BCUT2D eigenvalue weighted by molar-refractivity contribution is 8.15. The minimum atomic E-state index is 0.324. The van der Waals surface area contributed by atoms with Crippen LogP contribution in [0.4, 0.5) is 0 Å². The molecule has 1 aliphatic heterocycles. The molecule has 0 fully saturated rings. The Kier molecular flexibility index (Phi) is 3.06. The zero-order valence-electron chi connectivity index (χ0n) is 8.55. The molecule has 0 spiro atoms. The van der Waals surface area contributed by atoms with Crippen molar-refractivity contribution >= 4 is 22.6 Å². The van der Waals surface area contributed by atoms with Crippen molar-refractivity contribution in [2.75, 3.05) is 0 Å². The number of thioether (sulfide) groups is 1. The average Bonchev–Trinajstić information content (AvgIpc) is 2.30. The molecule has 0 amide bonds. The Bertz CT molecular complexity index is 398. The van der Waals surface area contributed by atoms with Gasteiger partial charge in [-0.2, -0.15) is 5.10 Å². The molecule has 2 rings (SSSR count). The van der Waals surface area contributed by atoms with E-state index in [0.29, 0.717) is 10.4 Å². The second-order valence-corrected chi connectivity index (χ2v) is 4.53. The third-order valence-electron chi connectivity index (χ3n) is 2.26. The van der Waals surface area contributed by atoms with E-state index in [0.717, 1.165) is 17.7 Å². The summed E-state index contributed by atoms with van der Waals surface area (Å²) in [4.78, 5) is 0. The summed E-state index contributed by atoms with van der Waals surface area (Å²) >= 11 is 1.59. The fraction of sp³-hybridized carbons (Fsp3) is 0.273. The summed E-state index contributed by atoms with van der Waals surface area (Å²) in [7, 11) is 0. The highest BCUT2D eigenvalue weighted by atomic mass is 32.2. The monoisotopic (exact) mass is 219 g/mol. The van der Waals surface area contributed by atoms with Crippen LogP contribution >= 0.6 is 11.8 Å². The lowest BCUT2D eigenvalue weighted by Gasteiger charge is -2.19. The molecule has 2 N–H and O–H groups in total. The maximum Gasteiger partial charge on any atom is 0.181 e. The first-order valence-corrected chi connectivity index (χ1v) is 5.82. The molecule has 0 bridgehead atoms. The molecule has 0 radical (unpaired) electrons. The summed E-state index contributed by atoms with van der Waals surface area (Å²) in [5.41, 5.74) is 7.80. The Morgan fingerprint density at radius 1 is 1.27 bits per heavy atom. The Labute approximate surface area is 93.5 Å². The summed E-state index contributed by atoms with van der Waals surface area (Å²) in [6, 6.07) is 10.1. The van der Waals surface area contributed by atoms with E-state index in [4.69, 9.17) is 5.73 Å². The van der Waals surface area contributed by atoms with Gasteiger partial charge in [-0.05, 0) is 12.0 Å². The predicted octanol–water partition coefficient (Wildman–Crippen LogP) is 2.23. The van der Waals surface area contributed by atoms with Gasteiger partial charge in [0.1, 0.15) is 0 Å². The van der Waals surface area contributed by atoms with E-state index in [1.54, 1.807) is 11.8 Å². The third-order valence-corrected chi connectivity index (χ3v) is 3.43. The maximum absolute atomic E-state index is 5.65. The van der Waals surface area contributed by atoms with E-state index in [-0.39, 0.29) is 0 Å². The first-order valence-electron chi connectivity index (χ1n) is 4.94. The van der Waals surface area contributed by atoms with Crippen LogP contribution in [0.1, 0.15) is 18.9 Å². The zero-order valence-corrected chi connectivity index (χ0v) is 9.37. The average molecular weight is 219 g/mol. The largest absolute Gasteiger partial charge is 0.377 e. The predicted molar refractivity (Wildman–Crippen MR) is 66.3 cm³/mol. The van der Waals surface area contributed by atoms with Gasteiger partial charge in [0.15, 0.2) is 5.17 Å². The van der Waals surface area contributed by atoms with Crippen molar-refractivity contribution in [3.63, 3.8) is 0 Å². The van der Waals surface area contributed by atoms with Crippen LogP contribution in [0.2, 0.25) is 0 Å². The zero-order chi connectivity index (χ0) is 10.7. The maximum atomic E-state index is 5.65. The summed E-state index contributed by atoms with van der Waals surface area (Å²) in [6.45, 7) is 2.13. The second-order valence-electron chi connectivity index (χ2n) is 3.30. The Hall–Kier alpha value is -1.29. The topological polar surface area (TPSA) is 50.7 Å². The van der Waals surface area contributed by atoms with Crippen molar-refractivity contribution in [1.82, 2.24) is 0 Å². The van der Waals surface area contributed by atoms with Crippen molar-refractivity contribution in [2.24, 2.45) is 15.9 Å². The Balaban J connectivity index is 2.35. The Morgan fingerprint density at radius 2 is 2.00 bits per heavy atom. The molecule has 0 unspecified atom stereocenters. The number of hydrogen-bond donors (Lipinski definition) is 1. The van der Waals surface area contributed by atoms with Crippen LogP contribution in [0.25, 0.3) is 0 Å². The molecule has 1 atom stereocenters. The molecule has 3 nitrogen and oxygen atoms in total.